The molecule has 108 valence electrons. The number of halogens is 2. The molecule has 1 atom stereocenters. The Morgan fingerprint density at radius 2 is 2.15 bits per heavy atom. The lowest BCUT2D eigenvalue weighted by Crippen LogP contribution is -2.11. The number of nitrogens with zero attached hydrogens (tertiary/aromatic N) is 2. The van der Waals surface area contributed by atoms with Gasteiger partial charge in [0.2, 0.25) is 0 Å². The highest BCUT2D eigenvalue weighted by atomic mass is 35.5. The fourth-order valence-corrected chi connectivity index (χ4v) is 2.53. The molecule has 0 amide bonds. The van der Waals surface area contributed by atoms with Gasteiger partial charge in [0.15, 0.2) is 0 Å². The van der Waals surface area contributed by atoms with Crippen molar-refractivity contribution in [1.29, 1.82) is 0 Å². The van der Waals surface area contributed by atoms with Crippen molar-refractivity contribution in [2.24, 2.45) is 0 Å². The van der Waals surface area contributed by atoms with E-state index in [9.17, 15) is 5.11 Å². The predicted molar refractivity (Wildman–Crippen MR) is 79.6 cm³/mol. The van der Waals surface area contributed by atoms with Crippen molar-refractivity contribution in [2.75, 3.05) is 7.11 Å². The van der Waals surface area contributed by atoms with Gasteiger partial charge in [-0.15, -0.1) is 0 Å². The highest BCUT2D eigenvalue weighted by Crippen LogP contribution is 2.35. The van der Waals surface area contributed by atoms with Gasteiger partial charge in [0.05, 0.1) is 24.0 Å². The van der Waals surface area contributed by atoms with Crippen LogP contribution in [0.2, 0.25) is 10.0 Å². The average Bonchev–Trinajstić information content (AvgIpc) is 2.79. The minimum atomic E-state index is -0.940. The van der Waals surface area contributed by atoms with Gasteiger partial charge in [-0.05, 0) is 24.6 Å². The maximum absolute atomic E-state index is 10.6. The van der Waals surface area contributed by atoms with Crippen molar-refractivity contribution in [3.8, 4) is 5.75 Å². The molecule has 1 N–H and O–H groups in total. The summed E-state index contributed by atoms with van der Waals surface area (Å²) in [5, 5.41) is 15.8. The normalized spacial score (nSPS) is 12.4. The summed E-state index contributed by atoms with van der Waals surface area (Å²) in [7, 11) is 1.55. The Bertz CT molecular complexity index is 599. The first-order valence-corrected chi connectivity index (χ1v) is 7.06. The highest BCUT2D eigenvalue weighted by Gasteiger charge is 2.23. The zero-order valence-electron chi connectivity index (χ0n) is 11.3. The number of methoxy groups -OCH3 is 1. The summed E-state index contributed by atoms with van der Waals surface area (Å²) >= 11 is 12.1. The van der Waals surface area contributed by atoms with Crippen LogP contribution >= 0.6 is 23.2 Å². The number of aliphatic hydroxyl groups excluding tert-OH is 1. The molecule has 20 heavy (non-hydrogen) atoms. The van der Waals surface area contributed by atoms with E-state index in [1.165, 1.54) is 6.20 Å². The second kappa shape index (κ2) is 6.48. The van der Waals surface area contributed by atoms with E-state index >= 15 is 0 Å². The van der Waals surface area contributed by atoms with Crippen LogP contribution in [0.1, 0.15) is 30.7 Å². The maximum Gasteiger partial charge on any atom is 0.126 e. The minimum absolute atomic E-state index is 0.424. The third kappa shape index (κ3) is 2.92. The summed E-state index contributed by atoms with van der Waals surface area (Å²) in [4.78, 5) is 0. The van der Waals surface area contributed by atoms with Gasteiger partial charge in [-0.25, -0.2) is 0 Å². The van der Waals surface area contributed by atoms with Crippen LogP contribution in [0.4, 0.5) is 0 Å². The average molecular weight is 315 g/mol. The van der Waals surface area contributed by atoms with E-state index in [1.54, 1.807) is 30.0 Å². The molecule has 2 rings (SSSR count). The summed E-state index contributed by atoms with van der Waals surface area (Å²) in [6.07, 6.45) is 1.49. The molecular formula is C14H16Cl2N2O2. The minimum Gasteiger partial charge on any atom is -0.496 e. The molecule has 0 saturated heterocycles. The van der Waals surface area contributed by atoms with Crippen LogP contribution < -0.4 is 4.74 Å². The van der Waals surface area contributed by atoms with Crippen LogP contribution in [-0.2, 0) is 6.54 Å². The number of aromatic nitrogens is 2. The van der Waals surface area contributed by atoms with Crippen LogP contribution in [0, 0.1) is 0 Å². The molecule has 0 saturated carbocycles. The summed E-state index contributed by atoms with van der Waals surface area (Å²) in [5.74, 6) is 0.558. The lowest BCUT2D eigenvalue weighted by Gasteiger charge is -2.17. The molecule has 0 fully saturated rings. The second-order valence-corrected chi connectivity index (χ2v) is 5.23. The first-order chi connectivity index (χ1) is 9.58. The van der Waals surface area contributed by atoms with E-state index in [1.807, 2.05) is 6.92 Å². The number of aliphatic hydroxyl groups is 1. The molecule has 1 heterocycles. The van der Waals surface area contributed by atoms with Gasteiger partial charge in [0.1, 0.15) is 11.9 Å². The topological polar surface area (TPSA) is 47.3 Å². The lowest BCUT2D eigenvalue weighted by molar-refractivity contribution is 0.202. The fourth-order valence-electron chi connectivity index (χ4n) is 2.10. The molecule has 1 aromatic heterocycles. The zero-order valence-corrected chi connectivity index (χ0v) is 12.8. The number of rotatable bonds is 5. The van der Waals surface area contributed by atoms with Crippen LogP contribution in [-0.4, -0.2) is 22.0 Å². The number of aryl methyl sites for hydroxylation is 1. The first-order valence-electron chi connectivity index (χ1n) is 6.31. The largest absolute Gasteiger partial charge is 0.496 e. The number of hydrogen-bond acceptors (Lipinski definition) is 3. The Morgan fingerprint density at radius 1 is 1.40 bits per heavy atom. The van der Waals surface area contributed by atoms with Crippen molar-refractivity contribution < 1.29 is 9.84 Å². The lowest BCUT2D eigenvalue weighted by atomic mass is 10.1. The zero-order chi connectivity index (χ0) is 14.7. The van der Waals surface area contributed by atoms with Gasteiger partial charge in [0.25, 0.3) is 0 Å². The van der Waals surface area contributed by atoms with E-state index in [4.69, 9.17) is 27.9 Å². The molecule has 1 aromatic carbocycles. The third-order valence-electron chi connectivity index (χ3n) is 3.01. The summed E-state index contributed by atoms with van der Waals surface area (Å²) in [6, 6.07) is 5.10. The van der Waals surface area contributed by atoms with Gasteiger partial charge in [-0.2, -0.15) is 5.10 Å². The number of benzene rings is 1. The molecule has 0 radical (unpaired) electrons. The van der Waals surface area contributed by atoms with Crippen molar-refractivity contribution in [3.63, 3.8) is 0 Å². The van der Waals surface area contributed by atoms with Gasteiger partial charge in [-0.1, -0.05) is 30.1 Å². The molecule has 0 spiro atoms. The summed E-state index contributed by atoms with van der Waals surface area (Å²) < 4.78 is 6.97. The highest BCUT2D eigenvalue weighted by molar-refractivity contribution is 6.31. The molecular weight excluding hydrogens is 299 g/mol. The van der Waals surface area contributed by atoms with Crippen LogP contribution in [0.3, 0.4) is 0 Å². The Morgan fingerprint density at radius 3 is 2.80 bits per heavy atom. The number of hydrogen-bond donors (Lipinski definition) is 1. The smallest absolute Gasteiger partial charge is 0.126 e. The Hall–Kier alpha value is -1.23. The SMILES string of the molecule is CCCn1ncc(Cl)c1C(O)c1cc(Cl)ccc1OC. The molecule has 6 heteroatoms. The molecule has 2 aromatic rings. The summed E-state index contributed by atoms with van der Waals surface area (Å²) in [5.41, 5.74) is 1.12. The van der Waals surface area contributed by atoms with Crippen molar-refractivity contribution in [1.82, 2.24) is 9.78 Å². The Kier molecular flexibility index (Phi) is 4.91. The predicted octanol–water partition coefficient (Wildman–Crippen LogP) is 3.69. The van der Waals surface area contributed by atoms with Gasteiger partial charge >= 0.3 is 0 Å². The standard InChI is InChI=1S/C14H16Cl2N2O2/c1-3-6-18-13(11(16)8-17-18)14(19)10-7-9(15)4-5-12(10)20-2/h4-5,7-8,14,19H,3,6H2,1-2H3. The van der Waals surface area contributed by atoms with Gasteiger partial charge in [0, 0.05) is 17.1 Å². The Labute approximate surface area is 127 Å². The van der Waals surface area contributed by atoms with E-state index in [2.05, 4.69) is 5.10 Å². The van der Waals surface area contributed by atoms with Gasteiger partial charge < -0.3 is 9.84 Å². The summed E-state index contributed by atoms with van der Waals surface area (Å²) in [6.45, 7) is 2.72. The molecule has 0 bridgehead atoms. The van der Waals surface area contributed by atoms with Crippen molar-refractivity contribution in [2.45, 2.75) is 26.0 Å². The number of ether oxygens (including phenoxy) is 1. The Balaban J connectivity index is 2.48. The van der Waals surface area contributed by atoms with E-state index in [0.29, 0.717) is 33.6 Å². The second-order valence-electron chi connectivity index (χ2n) is 4.39. The van der Waals surface area contributed by atoms with Crippen LogP contribution in [0.15, 0.2) is 24.4 Å². The maximum atomic E-state index is 10.6. The quantitative estimate of drug-likeness (QED) is 0.915. The molecule has 0 aliphatic carbocycles. The van der Waals surface area contributed by atoms with Crippen LogP contribution in [0.25, 0.3) is 0 Å². The third-order valence-corrected chi connectivity index (χ3v) is 3.54. The first kappa shape index (κ1) is 15.2. The van der Waals surface area contributed by atoms with E-state index in [-0.39, 0.29) is 0 Å². The van der Waals surface area contributed by atoms with Gasteiger partial charge in [-0.3, -0.25) is 4.68 Å². The van der Waals surface area contributed by atoms with Crippen molar-refractivity contribution >= 4 is 23.2 Å². The van der Waals surface area contributed by atoms with E-state index in [0.717, 1.165) is 6.42 Å². The molecule has 0 aliphatic rings. The van der Waals surface area contributed by atoms with E-state index < -0.39 is 6.10 Å². The fraction of sp³-hybridized carbons (Fsp3) is 0.357. The molecule has 4 nitrogen and oxygen atoms in total. The van der Waals surface area contributed by atoms with Crippen LogP contribution in [0.5, 0.6) is 5.75 Å². The monoisotopic (exact) mass is 314 g/mol. The van der Waals surface area contributed by atoms with Crippen molar-refractivity contribution in [3.05, 3.63) is 45.7 Å². The molecule has 0 aliphatic heterocycles. The molecule has 1 unspecified atom stereocenters.